The minimum atomic E-state index is -0.638. The lowest BCUT2D eigenvalue weighted by molar-refractivity contribution is -0.117. The summed E-state index contributed by atoms with van der Waals surface area (Å²) in [5.41, 5.74) is 2.85. The summed E-state index contributed by atoms with van der Waals surface area (Å²) in [4.78, 5) is 12.2. The van der Waals surface area contributed by atoms with Crippen LogP contribution in [0.3, 0.4) is 0 Å². The van der Waals surface area contributed by atoms with E-state index in [0.29, 0.717) is 6.42 Å². The predicted molar refractivity (Wildman–Crippen MR) is 100 cm³/mol. The molecule has 0 saturated carbocycles. The van der Waals surface area contributed by atoms with E-state index in [-0.39, 0.29) is 11.9 Å². The van der Waals surface area contributed by atoms with Crippen LogP contribution in [-0.2, 0) is 11.2 Å². The van der Waals surface area contributed by atoms with Gasteiger partial charge in [-0.3, -0.25) is 4.79 Å². The molecule has 0 bridgehead atoms. The van der Waals surface area contributed by atoms with E-state index in [1.165, 1.54) is 0 Å². The zero-order valence-electron chi connectivity index (χ0n) is 14.9. The van der Waals surface area contributed by atoms with Crippen molar-refractivity contribution in [3.05, 3.63) is 71.8 Å². The first-order valence-electron chi connectivity index (χ1n) is 8.35. The van der Waals surface area contributed by atoms with Gasteiger partial charge < -0.3 is 15.2 Å². The quantitative estimate of drug-likeness (QED) is 0.762. The highest BCUT2D eigenvalue weighted by Gasteiger charge is 2.16. The van der Waals surface area contributed by atoms with Gasteiger partial charge in [-0.25, -0.2) is 0 Å². The number of carbonyl (C=O) groups excluding carboxylic acids is 1. The van der Waals surface area contributed by atoms with Crippen molar-refractivity contribution in [1.29, 1.82) is 0 Å². The van der Waals surface area contributed by atoms with Gasteiger partial charge in [0.25, 0.3) is 0 Å². The van der Waals surface area contributed by atoms with Crippen LogP contribution < -0.4 is 10.1 Å². The molecule has 2 aromatic rings. The average molecular weight is 339 g/mol. The molecule has 2 N–H and O–H groups in total. The van der Waals surface area contributed by atoms with Gasteiger partial charge in [0.2, 0.25) is 5.91 Å². The molecule has 2 atom stereocenters. The van der Waals surface area contributed by atoms with E-state index in [1.807, 2.05) is 68.4 Å². The molecular weight excluding hydrogens is 314 g/mol. The lowest BCUT2D eigenvalue weighted by Gasteiger charge is -2.20. The van der Waals surface area contributed by atoms with Crippen LogP contribution >= 0.6 is 0 Å². The predicted octanol–water partition coefficient (Wildman–Crippen LogP) is 3.21. The van der Waals surface area contributed by atoms with E-state index in [1.54, 1.807) is 13.2 Å². The number of benzene rings is 2. The third kappa shape index (κ3) is 5.76. The molecule has 2 aromatic carbocycles. The summed E-state index contributed by atoms with van der Waals surface area (Å²) < 4.78 is 5.13. The second kappa shape index (κ2) is 9.04. The van der Waals surface area contributed by atoms with Crippen LogP contribution in [0.1, 0.15) is 25.0 Å². The fourth-order valence-corrected chi connectivity index (χ4v) is 2.53. The van der Waals surface area contributed by atoms with Gasteiger partial charge in [-0.15, -0.1) is 0 Å². The number of aliphatic hydroxyl groups excluding tert-OH is 1. The molecule has 1 amide bonds. The van der Waals surface area contributed by atoms with Crippen LogP contribution in [0.25, 0.3) is 5.57 Å². The number of aliphatic hydroxyl groups is 1. The standard InChI is InChI=1S/C21H25NO3/c1-15(18-9-11-19(25-3)12-10-18)13-21(24)22-16(2)20(23)14-17-7-5-4-6-8-17/h4-13,16,20,23H,14H2,1-3H3,(H,22,24). The zero-order valence-corrected chi connectivity index (χ0v) is 14.9. The van der Waals surface area contributed by atoms with E-state index in [2.05, 4.69) is 5.32 Å². The highest BCUT2D eigenvalue weighted by Crippen LogP contribution is 2.18. The molecule has 0 fully saturated rings. The summed E-state index contributed by atoms with van der Waals surface area (Å²) in [5.74, 6) is 0.562. The number of rotatable bonds is 7. The molecule has 4 nitrogen and oxygen atoms in total. The van der Waals surface area contributed by atoms with Crippen molar-refractivity contribution in [2.75, 3.05) is 7.11 Å². The van der Waals surface area contributed by atoms with Gasteiger partial charge in [0.15, 0.2) is 0 Å². The fourth-order valence-electron chi connectivity index (χ4n) is 2.53. The van der Waals surface area contributed by atoms with E-state index < -0.39 is 6.10 Å². The van der Waals surface area contributed by atoms with Crippen LogP contribution in [-0.4, -0.2) is 30.3 Å². The molecule has 132 valence electrons. The Morgan fingerprint density at radius 1 is 1.16 bits per heavy atom. The number of amides is 1. The van der Waals surface area contributed by atoms with Crippen molar-refractivity contribution >= 4 is 11.5 Å². The van der Waals surface area contributed by atoms with Crippen molar-refractivity contribution < 1.29 is 14.6 Å². The molecule has 25 heavy (non-hydrogen) atoms. The minimum absolute atomic E-state index is 0.215. The fraction of sp³-hybridized carbons (Fsp3) is 0.286. The Labute approximate surface area is 149 Å². The van der Waals surface area contributed by atoms with Crippen LogP contribution in [0.5, 0.6) is 5.75 Å². The van der Waals surface area contributed by atoms with Crippen LogP contribution in [0, 0.1) is 0 Å². The Hall–Kier alpha value is -2.59. The van der Waals surface area contributed by atoms with E-state index in [9.17, 15) is 9.90 Å². The molecule has 2 unspecified atom stereocenters. The normalized spacial score (nSPS) is 13.8. The lowest BCUT2D eigenvalue weighted by atomic mass is 10.0. The molecule has 0 aromatic heterocycles. The minimum Gasteiger partial charge on any atom is -0.497 e. The number of carbonyl (C=O) groups is 1. The largest absolute Gasteiger partial charge is 0.497 e. The van der Waals surface area contributed by atoms with Crippen LogP contribution in [0.4, 0.5) is 0 Å². The molecule has 0 aliphatic rings. The Kier molecular flexibility index (Phi) is 6.78. The summed E-state index contributed by atoms with van der Waals surface area (Å²) in [6, 6.07) is 16.9. The molecule has 4 heteroatoms. The topological polar surface area (TPSA) is 58.6 Å². The van der Waals surface area contributed by atoms with Crippen molar-refractivity contribution in [2.45, 2.75) is 32.4 Å². The first kappa shape index (κ1) is 18.7. The molecule has 0 saturated heterocycles. The molecule has 0 spiro atoms. The summed E-state index contributed by atoms with van der Waals surface area (Å²) >= 11 is 0. The van der Waals surface area contributed by atoms with Gasteiger partial charge >= 0.3 is 0 Å². The number of ether oxygens (including phenoxy) is 1. The Balaban J connectivity index is 1.93. The van der Waals surface area contributed by atoms with Crippen LogP contribution in [0.15, 0.2) is 60.7 Å². The second-order valence-corrected chi connectivity index (χ2v) is 6.11. The van der Waals surface area contributed by atoms with Gasteiger partial charge in [0.05, 0.1) is 19.3 Å². The maximum atomic E-state index is 12.2. The highest BCUT2D eigenvalue weighted by atomic mass is 16.5. The van der Waals surface area contributed by atoms with E-state index >= 15 is 0 Å². The Bertz CT molecular complexity index is 708. The molecular formula is C21H25NO3. The van der Waals surface area contributed by atoms with Gasteiger partial charge in [-0.2, -0.15) is 0 Å². The Morgan fingerprint density at radius 3 is 2.40 bits per heavy atom. The maximum Gasteiger partial charge on any atom is 0.244 e. The molecule has 0 heterocycles. The lowest BCUT2D eigenvalue weighted by Crippen LogP contribution is -2.41. The van der Waals surface area contributed by atoms with Gasteiger partial charge in [0.1, 0.15) is 5.75 Å². The molecule has 0 radical (unpaired) electrons. The number of hydrogen-bond donors (Lipinski definition) is 2. The molecule has 2 rings (SSSR count). The van der Waals surface area contributed by atoms with E-state index in [0.717, 1.165) is 22.4 Å². The summed E-state index contributed by atoms with van der Waals surface area (Å²) in [6.07, 6.45) is 1.41. The van der Waals surface area contributed by atoms with Crippen LogP contribution in [0.2, 0.25) is 0 Å². The average Bonchev–Trinajstić information content (AvgIpc) is 2.62. The Morgan fingerprint density at radius 2 is 1.80 bits per heavy atom. The van der Waals surface area contributed by atoms with Gasteiger partial charge in [0, 0.05) is 12.5 Å². The number of hydrogen-bond acceptors (Lipinski definition) is 3. The van der Waals surface area contributed by atoms with Crippen molar-refractivity contribution in [3.63, 3.8) is 0 Å². The SMILES string of the molecule is COc1ccc(C(C)=CC(=O)NC(C)C(O)Cc2ccccc2)cc1. The van der Waals surface area contributed by atoms with Crippen molar-refractivity contribution in [3.8, 4) is 5.75 Å². The highest BCUT2D eigenvalue weighted by molar-refractivity contribution is 5.95. The number of allylic oxidation sites excluding steroid dienone is 1. The van der Waals surface area contributed by atoms with E-state index in [4.69, 9.17) is 4.74 Å². The van der Waals surface area contributed by atoms with Gasteiger partial charge in [-0.05, 0) is 42.7 Å². The monoisotopic (exact) mass is 339 g/mol. The van der Waals surface area contributed by atoms with Gasteiger partial charge in [-0.1, -0.05) is 42.5 Å². The van der Waals surface area contributed by atoms with Crippen molar-refractivity contribution in [1.82, 2.24) is 5.32 Å². The smallest absolute Gasteiger partial charge is 0.244 e. The molecule has 0 aliphatic carbocycles. The summed E-state index contributed by atoms with van der Waals surface area (Å²) in [6.45, 7) is 3.69. The third-order valence-corrected chi connectivity index (χ3v) is 4.13. The number of nitrogens with one attached hydrogen (secondary N) is 1. The summed E-state index contributed by atoms with van der Waals surface area (Å²) in [7, 11) is 1.62. The summed E-state index contributed by atoms with van der Waals surface area (Å²) in [5, 5.41) is 13.1. The first-order chi connectivity index (χ1) is 12.0. The van der Waals surface area contributed by atoms with Crippen molar-refractivity contribution in [2.24, 2.45) is 0 Å². The first-order valence-corrected chi connectivity index (χ1v) is 8.35. The second-order valence-electron chi connectivity index (χ2n) is 6.11. The third-order valence-electron chi connectivity index (χ3n) is 4.13. The number of methoxy groups -OCH3 is 1. The zero-order chi connectivity index (χ0) is 18.2. The maximum absolute atomic E-state index is 12.2. The molecule has 0 aliphatic heterocycles.